The number of hydrazone groups is 1. The summed E-state index contributed by atoms with van der Waals surface area (Å²) >= 11 is 3.33. The van der Waals surface area contributed by atoms with Crippen molar-refractivity contribution < 1.29 is 23.8 Å². The van der Waals surface area contributed by atoms with E-state index in [0.717, 1.165) is 5.56 Å². The normalized spacial score (nSPS) is 10.6. The molecule has 8 heteroatoms. The fourth-order valence-corrected chi connectivity index (χ4v) is 3.07. The van der Waals surface area contributed by atoms with Crippen molar-refractivity contribution in [3.05, 3.63) is 87.9 Å². The summed E-state index contributed by atoms with van der Waals surface area (Å²) in [5.41, 5.74) is 4.55. The summed E-state index contributed by atoms with van der Waals surface area (Å²) < 4.78 is 16.8. The van der Waals surface area contributed by atoms with Crippen molar-refractivity contribution >= 4 is 34.0 Å². The third kappa shape index (κ3) is 6.42. The minimum atomic E-state index is -0.516. The Kier molecular flexibility index (Phi) is 7.99. The average Bonchev–Trinajstić information content (AvgIpc) is 2.79. The number of benzene rings is 3. The zero-order valence-corrected chi connectivity index (χ0v) is 19.1. The van der Waals surface area contributed by atoms with Gasteiger partial charge in [-0.2, -0.15) is 5.10 Å². The molecule has 7 nitrogen and oxygen atoms in total. The van der Waals surface area contributed by atoms with Gasteiger partial charge in [0.05, 0.1) is 18.9 Å². The second-order valence-electron chi connectivity index (χ2n) is 6.67. The number of carbonyl (C=O) groups excluding carboxylic acids is 2. The largest absolute Gasteiger partial charge is 0.493 e. The Morgan fingerprint density at radius 1 is 1.03 bits per heavy atom. The first kappa shape index (κ1) is 23.0. The van der Waals surface area contributed by atoms with Gasteiger partial charge in [0.1, 0.15) is 5.75 Å². The molecule has 3 aromatic carbocycles. The lowest BCUT2D eigenvalue weighted by molar-refractivity contribution is -0.123. The molecule has 0 heterocycles. The Morgan fingerprint density at radius 3 is 2.50 bits per heavy atom. The second-order valence-corrected chi connectivity index (χ2v) is 7.53. The number of amides is 1. The first-order chi connectivity index (χ1) is 15.5. The first-order valence-electron chi connectivity index (χ1n) is 9.62. The number of halogens is 1. The lowest BCUT2D eigenvalue weighted by atomic mass is 10.2. The van der Waals surface area contributed by atoms with E-state index < -0.39 is 11.9 Å². The van der Waals surface area contributed by atoms with Gasteiger partial charge >= 0.3 is 5.97 Å². The molecule has 164 valence electrons. The van der Waals surface area contributed by atoms with Crippen molar-refractivity contribution in [3.8, 4) is 17.2 Å². The van der Waals surface area contributed by atoms with E-state index >= 15 is 0 Å². The average molecular weight is 497 g/mol. The monoisotopic (exact) mass is 496 g/mol. The fourth-order valence-electron chi connectivity index (χ4n) is 2.62. The summed E-state index contributed by atoms with van der Waals surface area (Å²) in [6.45, 7) is 1.81. The minimum Gasteiger partial charge on any atom is -0.493 e. The highest BCUT2D eigenvalue weighted by Gasteiger charge is 2.15. The Labute approximate surface area is 194 Å². The van der Waals surface area contributed by atoms with Crippen LogP contribution in [0.15, 0.2) is 76.3 Å². The van der Waals surface area contributed by atoms with Gasteiger partial charge in [-0.15, -0.1) is 0 Å². The Bertz CT molecular complexity index is 1130. The van der Waals surface area contributed by atoms with E-state index in [4.69, 9.17) is 14.2 Å². The molecule has 1 N–H and O–H groups in total. The van der Waals surface area contributed by atoms with Gasteiger partial charge < -0.3 is 14.2 Å². The van der Waals surface area contributed by atoms with E-state index in [9.17, 15) is 9.59 Å². The molecule has 0 atom stereocenters. The number of hydrogen-bond acceptors (Lipinski definition) is 6. The van der Waals surface area contributed by atoms with Crippen LogP contribution in [0.1, 0.15) is 21.5 Å². The van der Waals surface area contributed by atoms with Crippen LogP contribution in [-0.2, 0) is 4.79 Å². The van der Waals surface area contributed by atoms with E-state index in [1.54, 1.807) is 48.5 Å². The van der Waals surface area contributed by atoms with Crippen molar-refractivity contribution in [1.82, 2.24) is 5.43 Å². The lowest BCUT2D eigenvalue weighted by Gasteiger charge is -2.10. The van der Waals surface area contributed by atoms with E-state index in [2.05, 4.69) is 26.5 Å². The quantitative estimate of drug-likeness (QED) is 0.214. The van der Waals surface area contributed by atoms with Crippen LogP contribution in [-0.4, -0.2) is 31.8 Å². The number of hydrogen-bond donors (Lipinski definition) is 1. The number of ether oxygens (including phenoxy) is 3. The number of rotatable bonds is 8. The molecule has 0 radical (unpaired) electrons. The van der Waals surface area contributed by atoms with Gasteiger partial charge in [-0.1, -0.05) is 29.8 Å². The molecule has 0 aliphatic rings. The van der Waals surface area contributed by atoms with Crippen LogP contribution in [0.3, 0.4) is 0 Å². The maximum Gasteiger partial charge on any atom is 0.344 e. The third-order valence-electron chi connectivity index (χ3n) is 4.28. The van der Waals surface area contributed by atoms with Gasteiger partial charge in [-0.25, -0.2) is 10.2 Å². The number of nitrogens with one attached hydrogen (secondary N) is 1. The highest BCUT2D eigenvalue weighted by molar-refractivity contribution is 9.10. The first-order valence-corrected chi connectivity index (χ1v) is 10.4. The SMILES string of the molecule is COc1cc(/C=N\NC(=O)COc2ccc(C)cc2)ccc1OC(=O)c1ccccc1Br. The summed E-state index contributed by atoms with van der Waals surface area (Å²) in [5, 5.41) is 3.92. The van der Waals surface area contributed by atoms with Crippen LogP contribution >= 0.6 is 15.9 Å². The second kappa shape index (κ2) is 11.1. The van der Waals surface area contributed by atoms with Gasteiger partial charge in [0.2, 0.25) is 0 Å². The predicted octanol–water partition coefficient (Wildman–Crippen LogP) is 4.51. The van der Waals surface area contributed by atoms with Crippen molar-refractivity contribution in [2.45, 2.75) is 6.92 Å². The summed E-state index contributed by atoms with van der Waals surface area (Å²) in [6, 6.07) is 19.3. The molecule has 0 aromatic heterocycles. The van der Waals surface area contributed by atoms with Crippen LogP contribution in [0, 0.1) is 6.92 Å². The van der Waals surface area contributed by atoms with Crippen molar-refractivity contribution in [2.24, 2.45) is 5.10 Å². The third-order valence-corrected chi connectivity index (χ3v) is 4.97. The predicted molar refractivity (Wildman–Crippen MR) is 125 cm³/mol. The smallest absolute Gasteiger partial charge is 0.344 e. The number of nitrogens with zero attached hydrogens (tertiary/aromatic N) is 1. The molecular formula is C24H21BrN2O5. The molecule has 0 fully saturated rings. The van der Waals surface area contributed by atoms with Gasteiger partial charge in [0, 0.05) is 4.47 Å². The van der Waals surface area contributed by atoms with Gasteiger partial charge in [0.25, 0.3) is 5.91 Å². The number of esters is 1. The molecule has 3 aromatic rings. The molecule has 0 saturated heterocycles. The molecule has 0 bridgehead atoms. The Hall–Kier alpha value is -3.65. The summed E-state index contributed by atoms with van der Waals surface area (Å²) in [5.74, 6) is 0.308. The van der Waals surface area contributed by atoms with Crippen LogP contribution in [0.5, 0.6) is 17.2 Å². The maximum atomic E-state index is 12.4. The summed E-state index contributed by atoms with van der Waals surface area (Å²) in [6.07, 6.45) is 1.45. The fraction of sp³-hybridized carbons (Fsp3) is 0.125. The number of methoxy groups -OCH3 is 1. The molecule has 3 rings (SSSR count). The highest BCUT2D eigenvalue weighted by atomic mass is 79.9. The Balaban J connectivity index is 1.57. The van der Waals surface area contributed by atoms with E-state index in [0.29, 0.717) is 27.1 Å². The molecule has 32 heavy (non-hydrogen) atoms. The van der Waals surface area contributed by atoms with Crippen LogP contribution in [0.4, 0.5) is 0 Å². The standard InChI is InChI=1S/C24H21BrN2O5/c1-16-7-10-18(11-8-16)31-15-23(28)27-26-14-17-9-12-21(22(13-17)30-2)32-24(29)19-5-3-4-6-20(19)25/h3-14H,15H2,1-2H3,(H,27,28)/b26-14-. The molecule has 0 saturated carbocycles. The number of carbonyl (C=O) groups is 2. The zero-order valence-electron chi connectivity index (χ0n) is 17.5. The maximum absolute atomic E-state index is 12.4. The summed E-state index contributed by atoms with van der Waals surface area (Å²) in [4.78, 5) is 24.3. The Morgan fingerprint density at radius 2 is 1.78 bits per heavy atom. The van der Waals surface area contributed by atoms with Crippen molar-refractivity contribution in [1.29, 1.82) is 0 Å². The van der Waals surface area contributed by atoms with Gasteiger partial charge in [-0.3, -0.25) is 4.79 Å². The van der Waals surface area contributed by atoms with Crippen LogP contribution < -0.4 is 19.6 Å². The minimum absolute atomic E-state index is 0.159. The molecule has 0 aliphatic heterocycles. The van der Waals surface area contributed by atoms with Crippen molar-refractivity contribution in [3.63, 3.8) is 0 Å². The zero-order chi connectivity index (χ0) is 22.9. The van der Waals surface area contributed by atoms with Crippen LogP contribution in [0.2, 0.25) is 0 Å². The topological polar surface area (TPSA) is 86.2 Å². The van der Waals surface area contributed by atoms with Crippen LogP contribution in [0.25, 0.3) is 0 Å². The van der Waals surface area contributed by atoms with Crippen molar-refractivity contribution in [2.75, 3.05) is 13.7 Å². The molecule has 1 amide bonds. The van der Waals surface area contributed by atoms with Gasteiger partial charge in [-0.05, 0) is 70.9 Å². The summed E-state index contributed by atoms with van der Waals surface area (Å²) in [7, 11) is 1.47. The number of aryl methyl sites for hydroxylation is 1. The molecule has 0 aliphatic carbocycles. The molecule has 0 unspecified atom stereocenters. The lowest BCUT2D eigenvalue weighted by Crippen LogP contribution is -2.24. The van der Waals surface area contributed by atoms with E-state index in [-0.39, 0.29) is 12.4 Å². The molecular weight excluding hydrogens is 476 g/mol. The van der Waals surface area contributed by atoms with E-state index in [1.165, 1.54) is 13.3 Å². The van der Waals surface area contributed by atoms with E-state index in [1.807, 2.05) is 25.1 Å². The highest BCUT2D eigenvalue weighted by Crippen LogP contribution is 2.29. The molecule has 0 spiro atoms. The van der Waals surface area contributed by atoms with Gasteiger partial charge in [0.15, 0.2) is 18.1 Å².